The van der Waals surface area contributed by atoms with Crippen molar-refractivity contribution in [3.63, 3.8) is 0 Å². The molecule has 2 amide bonds. The zero-order valence-electron chi connectivity index (χ0n) is 18.8. The van der Waals surface area contributed by atoms with Gasteiger partial charge in [0.25, 0.3) is 5.91 Å². The van der Waals surface area contributed by atoms with Crippen LogP contribution in [0.15, 0.2) is 54.6 Å². The average molecular weight is 451 g/mol. The Labute approximate surface area is 193 Å². The SMILES string of the molecule is COC(=O)C[C@@H]1C[C@@H](CNC(=O)c2cccc(C(=N)N)c2)N(CCCc2ccccc2)C1=O. The molecule has 0 spiro atoms. The minimum Gasteiger partial charge on any atom is -0.469 e. The van der Waals surface area contributed by atoms with Crippen molar-refractivity contribution in [2.75, 3.05) is 20.2 Å². The fourth-order valence-electron chi connectivity index (χ4n) is 4.15. The third-order valence-electron chi connectivity index (χ3n) is 5.91. The van der Waals surface area contributed by atoms with Gasteiger partial charge in [-0.15, -0.1) is 0 Å². The molecule has 2 aromatic carbocycles. The quantitative estimate of drug-likeness (QED) is 0.290. The predicted octanol–water partition coefficient (Wildman–Crippen LogP) is 2.11. The summed E-state index contributed by atoms with van der Waals surface area (Å²) >= 11 is 0. The second kappa shape index (κ2) is 11.3. The van der Waals surface area contributed by atoms with Crippen molar-refractivity contribution < 1.29 is 19.1 Å². The molecule has 1 heterocycles. The fourth-order valence-corrected chi connectivity index (χ4v) is 4.15. The van der Waals surface area contributed by atoms with Crippen molar-refractivity contribution in [2.45, 2.75) is 31.7 Å². The third-order valence-corrected chi connectivity index (χ3v) is 5.91. The molecule has 2 atom stereocenters. The molecule has 8 heteroatoms. The van der Waals surface area contributed by atoms with Gasteiger partial charge in [0.05, 0.1) is 19.4 Å². The van der Waals surface area contributed by atoms with Gasteiger partial charge in [0, 0.05) is 30.3 Å². The van der Waals surface area contributed by atoms with E-state index in [-0.39, 0.29) is 36.7 Å². The topological polar surface area (TPSA) is 126 Å². The number of nitrogen functional groups attached to an aromatic ring is 1. The lowest BCUT2D eigenvalue weighted by Gasteiger charge is -2.25. The number of likely N-dealkylation sites (tertiary alicyclic amines) is 1. The van der Waals surface area contributed by atoms with Gasteiger partial charge in [-0.3, -0.25) is 19.8 Å². The van der Waals surface area contributed by atoms with E-state index in [1.807, 2.05) is 18.2 Å². The van der Waals surface area contributed by atoms with Gasteiger partial charge in [0.1, 0.15) is 5.84 Å². The Bertz CT molecular complexity index is 1010. The first-order chi connectivity index (χ1) is 15.9. The van der Waals surface area contributed by atoms with Gasteiger partial charge >= 0.3 is 5.97 Å². The molecule has 1 fully saturated rings. The number of nitrogens with zero attached hydrogens (tertiary/aromatic N) is 1. The minimum atomic E-state index is -0.447. The van der Waals surface area contributed by atoms with E-state index in [9.17, 15) is 14.4 Å². The summed E-state index contributed by atoms with van der Waals surface area (Å²) in [6.45, 7) is 0.823. The Balaban J connectivity index is 1.64. The van der Waals surface area contributed by atoms with Gasteiger partial charge < -0.3 is 20.7 Å². The summed E-state index contributed by atoms with van der Waals surface area (Å²) in [5.74, 6) is -1.35. The molecule has 33 heavy (non-hydrogen) atoms. The summed E-state index contributed by atoms with van der Waals surface area (Å²) < 4.78 is 4.75. The van der Waals surface area contributed by atoms with E-state index in [1.54, 1.807) is 29.2 Å². The van der Waals surface area contributed by atoms with Gasteiger partial charge in [-0.2, -0.15) is 0 Å². The molecule has 0 aliphatic carbocycles. The van der Waals surface area contributed by atoms with Crippen LogP contribution in [0.2, 0.25) is 0 Å². The average Bonchev–Trinajstić information content (AvgIpc) is 3.12. The van der Waals surface area contributed by atoms with Crippen LogP contribution in [0.4, 0.5) is 0 Å². The van der Waals surface area contributed by atoms with Crippen molar-refractivity contribution in [2.24, 2.45) is 11.7 Å². The molecule has 2 aromatic rings. The van der Waals surface area contributed by atoms with E-state index in [0.717, 1.165) is 12.8 Å². The molecular formula is C25H30N4O4. The molecule has 0 bridgehead atoms. The minimum absolute atomic E-state index is 0.0373. The number of aryl methyl sites for hydroxylation is 1. The maximum absolute atomic E-state index is 13.0. The Morgan fingerprint density at radius 3 is 2.58 bits per heavy atom. The molecule has 8 nitrogen and oxygen atoms in total. The van der Waals surface area contributed by atoms with Crippen molar-refractivity contribution in [3.05, 3.63) is 71.3 Å². The Kier molecular flexibility index (Phi) is 8.18. The summed E-state index contributed by atoms with van der Waals surface area (Å²) in [6, 6.07) is 16.4. The van der Waals surface area contributed by atoms with E-state index in [2.05, 4.69) is 17.4 Å². The van der Waals surface area contributed by atoms with Crippen LogP contribution in [0.1, 0.15) is 40.7 Å². The lowest BCUT2D eigenvalue weighted by Crippen LogP contribution is -2.42. The highest BCUT2D eigenvalue weighted by Gasteiger charge is 2.40. The number of hydrogen-bond acceptors (Lipinski definition) is 5. The monoisotopic (exact) mass is 450 g/mol. The third kappa shape index (κ3) is 6.41. The highest BCUT2D eigenvalue weighted by molar-refractivity contribution is 6.00. The standard InChI is InChI=1S/C25H30N4O4/c1-33-22(30)15-20-14-21(16-28-24(31)19-11-5-10-18(13-19)23(26)27)29(25(20)32)12-6-9-17-7-3-2-4-8-17/h2-5,7-8,10-11,13,20-21H,6,9,12,14-16H2,1H3,(H3,26,27)(H,28,31)/t20-,21-/m0/s1. The summed E-state index contributed by atoms with van der Waals surface area (Å²) in [6.07, 6.45) is 2.14. The van der Waals surface area contributed by atoms with E-state index in [0.29, 0.717) is 24.1 Å². The Morgan fingerprint density at radius 1 is 1.15 bits per heavy atom. The fraction of sp³-hybridized carbons (Fsp3) is 0.360. The van der Waals surface area contributed by atoms with Crippen LogP contribution < -0.4 is 11.1 Å². The van der Waals surface area contributed by atoms with Gasteiger partial charge in [-0.1, -0.05) is 42.5 Å². The smallest absolute Gasteiger partial charge is 0.306 e. The summed E-state index contributed by atoms with van der Waals surface area (Å²) in [7, 11) is 1.31. The second-order valence-electron chi connectivity index (χ2n) is 8.19. The number of amides is 2. The molecule has 174 valence electrons. The van der Waals surface area contributed by atoms with Crippen molar-refractivity contribution in [1.82, 2.24) is 10.2 Å². The number of ether oxygens (including phenoxy) is 1. The molecule has 1 saturated heterocycles. The maximum Gasteiger partial charge on any atom is 0.306 e. The van der Waals surface area contributed by atoms with Crippen molar-refractivity contribution in [1.29, 1.82) is 5.41 Å². The molecular weight excluding hydrogens is 420 g/mol. The van der Waals surface area contributed by atoms with Gasteiger partial charge in [0.15, 0.2) is 0 Å². The number of esters is 1. The highest BCUT2D eigenvalue weighted by Crippen LogP contribution is 2.28. The van der Waals surface area contributed by atoms with E-state index >= 15 is 0 Å². The molecule has 0 unspecified atom stereocenters. The normalized spacial score (nSPS) is 17.6. The summed E-state index contributed by atoms with van der Waals surface area (Å²) in [5, 5.41) is 10.4. The Morgan fingerprint density at radius 2 is 1.88 bits per heavy atom. The number of carbonyl (C=O) groups is 3. The van der Waals surface area contributed by atoms with E-state index < -0.39 is 11.9 Å². The molecule has 4 N–H and O–H groups in total. The Hall–Kier alpha value is -3.68. The predicted molar refractivity (Wildman–Crippen MR) is 125 cm³/mol. The lowest BCUT2D eigenvalue weighted by molar-refractivity contribution is -0.144. The van der Waals surface area contributed by atoms with Crippen LogP contribution in [0.25, 0.3) is 0 Å². The molecule has 1 aliphatic rings. The number of nitrogens with one attached hydrogen (secondary N) is 2. The van der Waals surface area contributed by atoms with Crippen LogP contribution in [-0.2, 0) is 20.7 Å². The summed E-state index contributed by atoms with van der Waals surface area (Å²) in [4.78, 5) is 39.2. The number of methoxy groups -OCH3 is 1. The number of hydrogen-bond donors (Lipinski definition) is 3. The highest BCUT2D eigenvalue weighted by atomic mass is 16.5. The number of rotatable bonds is 10. The molecule has 3 rings (SSSR count). The van der Waals surface area contributed by atoms with Gasteiger partial charge in [0.2, 0.25) is 5.91 Å². The number of amidine groups is 1. The number of carbonyl (C=O) groups excluding carboxylic acids is 3. The van der Waals surface area contributed by atoms with E-state index in [4.69, 9.17) is 15.9 Å². The molecule has 0 radical (unpaired) electrons. The van der Waals surface area contributed by atoms with Crippen molar-refractivity contribution >= 4 is 23.6 Å². The van der Waals surface area contributed by atoms with Crippen LogP contribution >= 0.6 is 0 Å². The number of nitrogens with two attached hydrogens (primary N) is 1. The largest absolute Gasteiger partial charge is 0.469 e. The van der Waals surface area contributed by atoms with E-state index in [1.165, 1.54) is 12.7 Å². The molecule has 0 aromatic heterocycles. The van der Waals surface area contributed by atoms with Gasteiger partial charge in [-0.05, 0) is 37.0 Å². The zero-order chi connectivity index (χ0) is 23.8. The maximum atomic E-state index is 13.0. The zero-order valence-corrected chi connectivity index (χ0v) is 18.8. The second-order valence-corrected chi connectivity index (χ2v) is 8.19. The summed E-state index contributed by atoms with van der Waals surface area (Å²) in [5.41, 5.74) is 7.58. The first-order valence-electron chi connectivity index (χ1n) is 11.0. The van der Waals surface area contributed by atoms with Gasteiger partial charge in [-0.25, -0.2) is 0 Å². The lowest BCUT2D eigenvalue weighted by atomic mass is 10.0. The molecule has 0 saturated carbocycles. The first-order valence-corrected chi connectivity index (χ1v) is 11.0. The number of benzene rings is 2. The van der Waals surface area contributed by atoms with Crippen LogP contribution in [0.3, 0.4) is 0 Å². The van der Waals surface area contributed by atoms with Crippen LogP contribution in [0.5, 0.6) is 0 Å². The molecule has 1 aliphatic heterocycles. The van der Waals surface area contributed by atoms with Crippen molar-refractivity contribution in [3.8, 4) is 0 Å². The van der Waals surface area contributed by atoms with Crippen LogP contribution in [0, 0.1) is 11.3 Å². The first kappa shape index (κ1) is 24.0. The van der Waals surface area contributed by atoms with Crippen LogP contribution in [-0.4, -0.2) is 54.8 Å².